The summed E-state index contributed by atoms with van der Waals surface area (Å²) < 4.78 is 17.0. The van der Waals surface area contributed by atoms with Crippen molar-refractivity contribution in [3.63, 3.8) is 0 Å². The Kier molecular flexibility index (Phi) is 13.8. The van der Waals surface area contributed by atoms with E-state index in [0.29, 0.717) is 76.3 Å². The van der Waals surface area contributed by atoms with Crippen LogP contribution in [0, 0.1) is 48.0 Å². The van der Waals surface area contributed by atoms with E-state index in [9.17, 15) is 29.4 Å². The molecule has 4 fully saturated rings. The van der Waals surface area contributed by atoms with Crippen molar-refractivity contribution in [1.82, 2.24) is 10.6 Å². The minimum atomic E-state index is -1.01. The lowest BCUT2D eigenvalue weighted by Gasteiger charge is -2.34. The fourth-order valence-electron chi connectivity index (χ4n) is 7.85. The quantitative estimate of drug-likeness (QED) is 0.165. The molecule has 6 atom stereocenters. The Morgan fingerprint density at radius 2 is 1.07 bits per heavy atom. The van der Waals surface area contributed by atoms with Crippen molar-refractivity contribution < 1.29 is 43.6 Å². The van der Waals surface area contributed by atoms with Gasteiger partial charge in [-0.2, -0.15) is 0 Å². The molecular formula is C34H52N2O9. The van der Waals surface area contributed by atoms with Crippen molar-refractivity contribution in [2.45, 2.75) is 115 Å². The van der Waals surface area contributed by atoms with Gasteiger partial charge in [-0.3, -0.25) is 19.2 Å². The van der Waals surface area contributed by atoms with Crippen molar-refractivity contribution in [3.8, 4) is 12.5 Å². The van der Waals surface area contributed by atoms with E-state index < -0.39 is 35.6 Å². The number of aliphatic carboxylic acids is 2. The van der Waals surface area contributed by atoms with Crippen molar-refractivity contribution in [1.29, 1.82) is 0 Å². The maximum atomic E-state index is 13.1. The molecule has 2 amide bonds. The van der Waals surface area contributed by atoms with Crippen molar-refractivity contribution in [2.75, 3.05) is 26.3 Å². The Bertz CT molecular complexity index is 1030. The summed E-state index contributed by atoms with van der Waals surface area (Å²) in [6, 6.07) is 0. The van der Waals surface area contributed by atoms with Crippen LogP contribution >= 0.6 is 0 Å². The van der Waals surface area contributed by atoms with E-state index in [1.165, 1.54) is 19.3 Å². The third-order valence-corrected chi connectivity index (χ3v) is 10.6. The average molecular weight is 633 g/mol. The molecule has 252 valence electrons. The van der Waals surface area contributed by atoms with Gasteiger partial charge in [0.2, 0.25) is 11.8 Å². The van der Waals surface area contributed by atoms with Gasteiger partial charge in [0.15, 0.2) is 0 Å². The van der Waals surface area contributed by atoms with Crippen LogP contribution in [0.25, 0.3) is 0 Å². The summed E-state index contributed by atoms with van der Waals surface area (Å²) in [6.45, 7) is 1.99. The van der Waals surface area contributed by atoms with Crippen LogP contribution < -0.4 is 10.6 Å². The number of carboxylic acids is 2. The van der Waals surface area contributed by atoms with Crippen molar-refractivity contribution >= 4 is 23.8 Å². The summed E-state index contributed by atoms with van der Waals surface area (Å²) in [5, 5.41) is 25.5. The molecule has 6 unspecified atom stereocenters. The molecule has 11 heteroatoms. The largest absolute Gasteiger partial charge is 0.481 e. The normalized spacial score (nSPS) is 32.5. The Hall–Kier alpha value is -2.84. The SMILES string of the molecule is C#COC1CCC(C(=O)NCC2CCC(CNC(=O)C3CCC(OCCOC4CCCCC4)CC3C(=O)O)CC2)C(C(=O)O)C1. The van der Waals surface area contributed by atoms with Crippen LogP contribution in [-0.2, 0) is 33.4 Å². The van der Waals surface area contributed by atoms with Gasteiger partial charge in [-0.15, -0.1) is 0 Å². The lowest BCUT2D eigenvalue weighted by Crippen LogP contribution is -2.45. The average Bonchev–Trinajstić information content (AvgIpc) is 3.05. The molecule has 45 heavy (non-hydrogen) atoms. The van der Waals surface area contributed by atoms with Crippen LogP contribution in [0.3, 0.4) is 0 Å². The van der Waals surface area contributed by atoms with Gasteiger partial charge in [0, 0.05) is 13.1 Å². The smallest absolute Gasteiger partial charge is 0.307 e. The molecule has 4 N–H and O–H groups in total. The molecule has 4 rings (SSSR count). The summed E-state index contributed by atoms with van der Waals surface area (Å²) in [4.78, 5) is 49.8. The number of ether oxygens (including phenoxy) is 3. The first-order chi connectivity index (χ1) is 21.7. The molecule has 4 aliphatic carbocycles. The Morgan fingerprint density at radius 3 is 1.56 bits per heavy atom. The van der Waals surface area contributed by atoms with E-state index in [0.717, 1.165) is 38.5 Å². The second-order valence-corrected chi connectivity index (χ2v) is 13.6. The first kappa shape index (κ1) is 35.0. The second-order valence-electron chi connectivity index (χ2n) is 13.6. The third-order valence-electron chi connectivity index (χ3n) is 10.6. The molecule has 4 saturated carbocycles. The van der Waals surface area contributed by atoms with Gasteiger partial charge in [-0.25, -0.2) is 0 Å². The zero-order valence-electron chi connectivity index (χ0n) is 26.5. The molecular weight excluding hydrogens is 580 g/mol. The van der Waals surface area contributed by atoms with Crippen LogP contribution in [0.2, 0.25) is 0 Å². The minimum Gasteiger partial charge on any atom is -0.481 e. The standard InChI is InChI=1S/C34H52N2O9/c1-2-43-25-12-14-27(29(18-25)33(39)40)31(37)35-20-22-8-10-23(11-9-22)21-36-32(38)28-15-13-26(19-30(28)34(41)42)45-17-16-44-24-6-4-3-5-7-24/h1,22-30H,3-21H2,(H,35,37)(H,36,38)(H,39,40)(H,41,42). The third kappa shape index (κ3) is 10.6. The van der Waals surface area contributed by atoms with Crippen LogP contribution in [0.5, 0.6) is 0 Å². The Morgan fingerprint density at radius 1 is 0.600 bits per heavy atom. The van der Waals surface area contributed by atoms with Crippen LogP contribution in [0.1, 0.15) is 96.3 Å². The van der Waals surface area contributed by atoms with Gasteiger partial charge >= 0.3 is 11.9 Å². The highest BCUT2D eigenvalue weighted by Gasteiger charge is 2.41. The highest BCUT2D eigenvalue weighted by molar-refractivity contribution is 5.85. The van der Waals surface area contributed by atoms with Crippen LogP contribution in [0.15, 0.2) is 0 Å². The fraction of sp³-hybridized carbons (Fsp3) is 0.824. The topological polar surface area (TPSA) is 160 Å². The molecule has 0 aromatic rings. The van der Waals surface area contributed by atoms with E-state index in [1.54, 1.807) is 0 Å². The molecule has 0 aromatic heterocycles. The van der Waals surface area contributed by atoms with Gasteiger partial charge in [0.25, 0.3) is 0 Å². The summed E-state index contributed by atoms with van der Waals surface area (Å²) in [6.07, 6.45) is 19.3. The van der Waals surface area contributed by atoms with E-state index in [2.05, 4.69) is 16.7 Å². The zero-order valence-corrected chi connectivity index (χ0v) is 26.5. The molecule has 0 bridgehead atoms. The van der Waals surface area contributed by atoms with Gasteiger partial charge in [-0.05, 0) is 88.9 Å². The van der Waals surface area contributed by atoms with Gasteiger partial charge in [0.05, 0.1) is 49.1 Å². The van der Waals surface area contributed by atoms with E-state index in [4.69, 9.17) is 20.6 Å². The van der Waals surface area contributed by atoms with Gasteiger partial charge in [0.1, 0.15) is 12.2 Å². The molecule has 0 spiro atoms. The second kappa shape index (κ2) is 17.7. The summed E-state index contributed by atoms with van der Waals surface area (Å²) in [5.74, 6) is -4.50. The number of carbonyl (C=O) groups is 4. The molecule has 0 saturated heterocycles. The van der Waals surface area contributed by atoms with Crippen LogP contribution in [0.4, 0.5) is 0 Å². The Labute approximate surface area is 266 Å². The maximum Gasteiger partial charge on any atom is 0.307 e. The Balaban J connectivity index is 1.12. The summed E-state index contributed by atoms with van der Waals surface area (Å²) in [5.41, 5.74) is 0. The summed E-state index contributed by atoms with van der Waals surface area (Å²) in [7, 11) is 0. The van der Waals surface area contributed by atoms with Crippen LogP contribution in [-0.4, -0.2) is 78.6 Å². The number of carboxylic acid groups (broad SMARTS) is 2. The minimum absolute atomic E-state index is 0.173. The lowest BCUT2D eigenvalue weighted by molar-refractivity contribution is -0.152. The number of nitrogens with one attached hydrogen (secondary N) is 2. The van der Waals surface area contributed by atoms with E-state index in [-0.39, 0.29) is 30.4 Å². The number of amides is 2. The number of carbonyl (C=O) groups excluding carboxylic acids is 2. The zero-order chi connectivity index (χ0) is 32.2. The molecule has 0 aromatic carbocycles. The number of hydrogen-bond donors (Lipinski definition) is 4. The van der Waals surface area contributed by atoms with Crippen molar-refractivity contribution in [3.05, 3.63) is 0 Å². The van der Waals surface area contributed by atoms with E-state index >= 15 is 0 Å². The predicted molar refractivity (Wildman–Crippen MR) is 165 cm³/mol. The molecule has 0 heterocycles. The summed E-state index contributed by atoms with van der Waals surface area (Å²) >= 11 is 0. The highest BCUT2D eigenvalue weighted by Crippen LogP contribution is 2.35. The first-order valence-electron chi connectivity index (χ1n) is 17.1. The van der Waals surface area contributed by atoms with Gasteiger partial charge < -0.3 is 35.1 Å². The predicted octanol–water partition coefficient (Wildman–Crippen LogP) is 3.74. The van der Waals surface area contributed by atoms with Crippen molar-refractivity contribution in [2.24, 2.45) is 35.5 Å². The number of hydrogen-bond acceptors (Lipinski definition) is 7. The molecule has 4 aliphatic rings. The maximum absolute atomic E-state index is 13.1. The van der Waals surface area contributed by atoms with Gasteiger partial charge in [-0.1, -0.05) is 25.7 Å². The molecule has 11 nitrogen and oxygen atoms in total. The fourth-order valence-corrected chi connectivity index (χ4v) is 7.85. The number of rotatable bonds is 14. The molecule has 0 aliphatic heterocycles. The van der Waals surface area contributed by atoms with E-state index in [1.807, 2.05) is 0 Å². The number of terminal acetylenes is 1. The molecule has 0 radical (unpaired) electrons. The first-order valence-corrected chi connectivity index (χ1v) is 17.1. The lowest BCUT2D eigenvalue weighted by atomic mass is 9.76. The monoisotopic (exact) mass is 632 g/mol. The highest BCUT2D eigenvalue weighted by atomic mass is 16.5.